The Morgan fingerprint density at radius 1 is 1.41 bits per heavy atom. The van der Waals surface area contributed by atoms with Gasteiger partial charge in [0, 0.05) is 20.7 Å². The van der Waals surface area contributed by atoms with Gasteiger partial charge in [-0.2, -0.15) is 0 Å². The standard InChI is InChI=1S/C12H10INO2S/c1-16-10-6-11(17-7-10)12(15)14-9-4-2-3-8(13)5-9/h2-7H,1H3,(H,14,15). The Morgan fingerprint density at radius 2 is 2.24 bits per heavy atom. The number of nitrogens with one attached hydrogen (secondary N) is 1. The summed E-state index contributed by atoms with van der Waals surface area (Å²) in [5.74, 6) is 0.600. The first-order chi connectivity index (χ1) is 8.19. The van der Waals surface area contributed by atoms with Gasteiger partial charge in [-0.1, -0.05) is 6.07 Å². The molecular formula is C12H10INO2S. The van der Waals surface area contributed by atoms with Gasteiger partial charge in [0.05, 0.1) is 12.0 Å². The van der Waals surface area contributed by atoms with E-state index in [0.29, 0.717) is 10.6 Å². The Hall–Kier alpha value is -1.08. The molecule has 0 aliphatic heterocycles. The van der Waals surface area contributed by atoms with E-state index in [1.807, 2.05) is 29.6 Å². The van der Waals surface area contributed by atoms with Crippen LogP contribution in [0.4, 0.5) is 5.69 Å². The van der Waals surface area contributed by atoms with Crippen LogP contribution >= 0.6 is 33.9 Å². The molecule has 2 rings (SSSR count). The molecule has 0 aliphatic carbocycles. The fourth-order valence-electron chi connectivity index (χ4n) is 1.30. The molecule has 1 aromatic carbocycles. The molecule has 88 valence electrons. The number of ether oxygens (including phenoxy) is 1. The molecule has 0 radical (unpaired) electrons. The average Bonchev–Trinajstić information content (AvgIpc) is 2.77. The summed E-state index contributed by atoms with van der Waals surface area (Å²) in [5, 5.41) is 4.66. The first kappa shape index (κ1) is 12.4. The summed E-state index contributed by atoms with van der Waals surface area (Å²) in [4.78, 5) is 12.5. The van der Waals surface area contributed by atoms with E-state index in [9.17, 15) is 4.79 Å². The van der Waals surface area contributed by atoms with E-state index in [1.54, 1.807) is 13.2 Å². The number of carbonyl (C=O) groups excluding carboxylic acids is 1. The third-order valence-electron chi connectivity index (χ3n) is 2.12. The van der Waals surface area contributed by atoms with E-state index in [0.717, 1.165) is 9.26 Å². The van der Waals surface area contributed by atoms with Crippen molar-refractivity contribution >= 4 is 45.5 Å². The van der Waals surface area contributed by atoms with Crippen molar-refractivity contribution in [1.82, 2.24) is 0 Å². The van der Waals surface area contributed by atoms with Gasteiger partial charge >= 0.3 is 0 Å². The molecule has 0 unspecified atom stereocenters. The summed E-state index contributed by atoms with van der Waals surface area (Å²) < 4.78 is 6.13. The van der Waals surface area contributed by atoms with Gasteiger partial charge < -0.3 is 10.1 Å². The number of hydrogen-bond acceptors (Lipinski definition) is 3. The molecule has 1 heterocycles. The van der Waals surface area contributed by atoms with Crippen LogP contribution in [0.2, 0.25) is 0 Å². The predicted octanol–water partition coefficient (Wildman–Crippen LogP) is 3.61. The number of anilines is 1. The van der Waals surface area contributed by atoms with Gasteiger partial charge in [0.15, 0.2) is 0 Å². The topological polar surface area (TPSA) is 38.3 Å². The van der Waals surface area contributed by atoms with Crippen molar-refractivity contribution in [3.05, 3.63) is 44.2 Å². The van der Waals surface area contributed by atoms with Crippen molar-refractivity contribution in [1.29, 1.82) is 0 Å². The Labute approximate surface area is 117 Å². The van der Waals surface area contributed by atoms with Crippen LogP contribution in [0.15, 0.2) is 35.7 Å². The Bertz CT molecular complexity index is 539. The molecule has 0 bridgehead atoms. The maximum absolute atomic E-state index is 11.9. The molecule has 0 fully saturated rings. The lowest BCUT2D eigenvalue weighted by molar-refractivity contribution is 0.103. The molecule has 1 N–H and O–H groups in total. The highest BCUT2D eigenvalue weighted by atomic mass is 127. The first-order valence-corrected chi connectivity index (χ1v) is 6.84. The molecule has 3 nitrogen and oxygen atoms in total. The summed E-state index contributed by atoms with van der Waals surface area (Å²) >= 11 is 3.58. The van der Waals surface area contributed by atoms with Crippen LogP contribution in [0.1, 0.15) is 9.67 Å². The number of halogens is 1. The van der Waals surface area contributed by atoms with E-state index in [-0.39, 0.29) is 5.91 Å². The van der Waals surface area contributed by atoms with Gasteiger partial charge in [-0.15, -0.1) is 11.3 Å². The minimum absolute atomic E-state index is 0.111. The Kier molecular flexibility index (Phi) is 4.01. The lowest BCUT2D eigenvalue weighted by Gasteiger charge is -2.03. The van der Waals surface area contributed by atoms with E-state index >= 15 is 0 Å². The zero-order valence-electron chi connectivity index (χ0n) is 9.07. The second-order valence-corrected chi connectivity index (χ2v) is 5.47. The second-order valence-electron chi connectivity index (χ2n) is 3.32. The lowest BCUT2D eigenvalue weighted by Crippen LogP contribution is -2.10. The summed E-state index contributed by atoms with van der Waals surface area (Å²) in [6.45, 7) is 0. The molecule has 0 atom stereocenters. The SMILES string of the molecule is COc1csc(C(=O)Nc2cccc(I)c2)c1. The number of hydrogen-bond donors (Lipinski definition) is 1. The number of rotatable bonds is 3. The first-order valence-electron chi connectivity index (χ1n) is 4.88. The normalized spacial score (nSPS) is 10.0. The largest absolute Gasteiger partial charge is 0.496 e. The molecule has 0 saturated carbocycles. The van der Waals surface area contributed by atoms with Gasteiger partial charge in [0.25, 0.3) is 5.91 Å². The molecule has 17 heavy (non-hydrogen) atoms. The smallest absolute Gasteiger partial charge is 0.265 e. The monoisotopic (exact) mass is 359 g/mol. The van der Waals surface area contributed by atoms with Gasteiger partial charge in [-0.05, 0) is 40.8 Å². The zero-order chi connectivity index (χ0) is 12.3. The van der Waals surface area contributed by atoms with E-state index in [4.69, 9.17) is 4.74 Å². The van der Waals surface area contributed by atoms with Gasteiger partial charge in [0.1, 0.15) is 5.75 Å². The molecule has 0 aliphatic rings. The van der Waals surface area contributed by atoms with Crippen LogP contribution in [0.5, 0.6) is 5.75 Å². The molecule has 0 spiro atoms. The molecule has 2 aromatic rings. The van der Waals surface area contributed by atoms with Crippen molar-refractivity contribution in [2.24, 2.45) is 0 Å². The van der Waals surface area contributed by atoms with Gasteiger partial charge in [-0.3, -0.25) is 4.79 Å². The highest BCUT2D eigenvalue weighted by Gasteiger charge is 2.09. The van der Waals surface area contributed by atoms with Crippen LogP contribution in [0.25, 0.3) is 0 Å². The number of methoxy groups -OCH3 is 1. The lowest BCUT2D eigenvalue weighted by atomic mass is 10.3. The van der Waals surface area contributed by atoms with Crippen molar-refractivity contribution in [2.75, 3.05) is 12.4 Å². The molecular weight excluding hydrogens is 349 g/mol. The van der Waals surface area contributed by atoms with E-state index < -0.39 is 0 Å². The molecule has 1 aromatic heterocycles. The highest BCUT2D eigenvalue weighted by molar-refractivity contribution is 14.1. The highest BCUT2D eigenvalue weighted by Crippen LogP contribution is 2.22. The molecule has 1 amide bonds. The third-order valence-corrected chi connectivity index (χ3v) is 3.70. The van der Waals surface area contributed by atoms with Crippen LogP contribution < -0.4 is 10.1 Å². The zero-order valence-corrected chi connectivity index (χ0v) is 12.0. The summed E-state index contributed by atoms with van der Waals surface area (Å²) in [6.07, 6.45) is 0. The Balaban J connectivity index is 2.11. The molecule has 5 heteroatoms. The van der Waals surface area contributed by atoms with E-state index in [1.165, 1.54) is 11.3 Å². The van der Waals surface area contributed by atoms with Crippen LogP contribution in [0, 0.1) is 3.57 Å². The maximum atomic E-state index is 11.9. The van der Waals surface area contributed by atoms with Crippen LogP contribution in [-0.2, 0) is 0 Å². The molecule has 0 saturated heterocycles. The van der Waals surface area contributed by atoms with Gasteiger partial charge in [0.2, 0.25) is 0 Å². The number of thiophene rings is 1. The minimum atomic E-state index is -0.111. The van der Waals surface area contributed by atoms with Crippen molar-refractivity contribution in [3.8, 4) is 5.75 Å². The number of amides is 1. The van der Waals surface area contributed by atoms with E-state index in [2.05, 4.69) is 27.9 Å². The summed E-state index contributed by atoms with van der Waals surface area (Å²) in [6, 6.07) is 9.40. The fourth-order valence-corrected chi connectivity index (χ4v) is 2.60. The third kappa shape index (κ3) is 3.19. The van der Waals surface area contributed by atoms with Crippen LogP contribution in [-0.4, -0.2) is 13.0 Å². The van der Waals surface area contributed by atoms with Crippen molar-refractivity contribution in [2.45, 2.75) is 0 Å². The summed E-state index contributed by atoms with van der Waals surface area (Å²) in [7, 11) is 1.59. The maximum Gasteiger partial charge on any atom is 0.265 e. The Morgan fingerprint density at radius 3 is 2.88 bits per heavy atom. The predicted molar refractivity (Wildman–Crippen MR) is 78.0 cm³/mol. The van der Waals surface area contributed by atoms with Gasteiger partial charge in [-0.25, -0.2) is 0 Å². The second kappa shape index (κ2) is 5.50. The average molecular weight is 359 g/mol. The van der Waals surface area contributed by atoms with Crippen LogP contribution in [0.3, 0.4) is 0 Å². The summed E-state index contributed by atoms with van der Waals surface area (Å²) in [5.41, 5.74) is 0.800. The quantitative estimate of drug-likeness (QED) is 0.851. The van der Waals surface area contributed by atoms with Crippen molar-refractivity contribution in [3.63, 3.8) is 0 Å². The van der Waals surface area contributed by atoms with Crippen molar-refractivity contribution < 1.29 is 9.53 Å². The number of carbonyl (C=O) groups is 1. The minimum Gasteiger partial charge on any atom is -0.496 e. The fraction of sp³-hybridized carbons (Fsp3) is 0.0833. The number of benzene rings is 1.